The molecule has 1 saturated carbocycles. The first-order chi connectivity index (χ1) is 13.5. The Morgan fingerprint density at radius 2 is 1.61 bits per heavy atom. The summed E-state index contributed by atoms with van der Waals surface area (Å²) in [5.74, 6) is 1.50. The number of rotatable bonds is 9. The Labute approximate surface area is 168 Å². The van der Waals surface area contributed by atoms with Crippen LogP contribution in [-0.4, -0.2) is 44.0 Å². The Kier molecular flexibility index (Phi) is 8.61. The van der Waals surface area contributed by atoms with Crippen molar-refractivity contribution in [3.63, 3.8) is 0 Å². The molecule has 28 heavy (non-hydrogen) atoms. The Morgan fingerprint density at radius 3 is 2.14 bits per heavy atom. The number of carbonyl (C=O) groups is 2. The lowest BCUT2D eigenvalue weighted by Crippen LogP contribution is -2.39. The molecule has 0 unspecified atom stereocenters. The molecule has 1 fully saturated rings. The fourth-order valence-electron chi connectivity index (χ4n) is 3.87. The molecule has 1 aliphatic carbocycles. The average Bonchev–Trinajstić information content (AvgIpc) is 2.73. The number of carbonyl (C=O) groups excluding carboxylic acids is 2. The highest BCUT2D eigenvalue weighted by atomic mass is 16.5. The lowest BCUT2D eigenvalue weighted by atomic mass is 9.80. The van der Waals surface area contributed by atoms with Crippen LogP contribution in [0, 0.1) is 11.8 Å². The first kappa shape index (κ1) is 22.1. The van der Waals surface area contributed by atoms with Crippen molar-refractivity contribution >= 4 is 17.5 Å². The van der Waals surface area contributed by atoms with Crippen molar-refractivity contribution in [1.82, 2.24) is 4.90 Å². The second-order valence-corrected chi connectivity index (χ2v) is 7.43. The highest BCUT2D eigenvalue weighted by molar-refractivity contribution is 5.94. The molecule has 0 atom stereocenters. The highest BCUT2D eigenvalue weighted by Crippen LogP contribution is 2.33. The molecule has 1 aliphatic rings. The second-order valence-electron chi connectivity index (χ2n) is 7.43. The molecular formula is C22H34N2O4. The number of nitrogens with zero attached hydrogens (tertiary/aromatic N) is 1. The molecule has 0 aromatic heterocycles. The standard InChI is InChI=1S/C22H34N2O4/c1-5-13-24(14-6-2)22(26)17-9-7-16(8-10-17)21(25)23-19-12-11-18(27-3)15-20(19)28-4/h11-12,15-17H,5-10,13-14H2,1-4H3,(H,23,25). The zero-order chi connectivity index (χ0) is 20.5. The van der Waals surface area contributed by atoms with E-state index in [1.807, 2.05) is 4.90 Å². The van der Waals surface area contributed by atoms with Gasteiger partial charge in [-0.05, 0) is 50.7 Å². The Hall–Kier alpha value is -2.24. The molecule has 0 saturated heterocycles. The molecule has 2 rings (SSSR count). The molecule has 1 aromatic carbocycles. The minimum atomic E-state index is -0.0679. The number of nitrogens with one attached hydrogen (secondary N) is 1. The molecule has 156 valence electrons. The molecule has 0 aliphatic heterocycles. The summed E-state index contributed by atoms with van der Waals surface area (Å²) >= 11 is 0. The zero-order valence-corrected chi connectivity index (χ0v) is 17.6. The van der Waals surface area contributed by atoms with Crippen molar-refractivity contribution in [1.29, 1.82) is 0 Å². The lowest BCUT2D eigenvalue weighted by Gasteiger charge is -2.31. The predicted octanol–water partition coefficient (Wildman–Crippen LogP) is 4.10. The van der Waals surface area contributed by atoms with E-state index in [1.165, 1.54) is 0 Å². The molecule has 6 heteroatoms. The quantitative estimate of drug-likeness (QED) is 0.689. The molecule has 2 amide bonds. The van der Waals surface area contributed by atoms with Crippen molar-refractivity contribution in [3.8, 4) is 11.5 Å². The summed E-state index contributed by atoms with van der Waals surface area (Å²) in [7, 11) is 3.16. The van der Waals surface area contributed by atoms with Crippen LogP contribution in [0.2, 0.25) is 0 Å². The number of ether oxygens (including phenoxy) is 2. The molecule has 6 nitrogen and oxygen atoms in total. The Bertz CT molecular complexity index is 648. The van der Waals surface area contributed by atoms with Gasteiger partial charge < -0.3 is 19.7 Å². The van der Waals surface area contributed by atoms with Crippen molar-refractivity contribution in [2.75, 3.05) is 32.6 Å². The lowest BCUT2D eigenvalue weighted by molar-refractivity contribution is -0.138. The van der Waals surface area contributed by atoms with Crippen LogP contribution in [0.3, 0.4) is 0 Å². The van der Waals surface area contributed by atoms with E-state index in [0.717, 1.165) is 51.6 Å². The third kappa shape index (κ3) is 5.63. The van der Waals surface area contributed by atoms with Crippen LogP contribution < -0.4 is 14.8 Å². The molecule has 1 N–H and O–H groups in total. The Morgan fingerprint density at radius 1 is 1.00 bits per heavy atom. The normalized spacial score (nSPS) is 19.0. The molecule has 0 heterocycles. The summed E-state index contributed by atoms with van der Waals surface area (Å²) in [4.78, 5) is 27.5. The summed E-state index contributed by atoms with van der Waals surface area (Å²) in [5, 5.41) is 2.98. The van der Waals surface area contributed by atoms with Gasteiger partial charge in [-0.3, -0.25) is 9.59 Å². The van der Waals surface area contributed by atoms with Crippen LogP contribution in [-0.2, 0) is 9.59 Å². The predicted molar refractivity (Wildman–Crippen MR) is 111 cm³/mol. The van der Waals surface area contributed by atoms with E-state index in [1.54, 1.807) is 32.4 Å². The van der Waals surface area contributed by atoms with E-state index in [2.05, 4.69) is 19.2 Å². The van der Waals surface area contributed by atoms with Gasteiger partial charge in [0.1, 0.15) is 11.5 Å². The summed E-state index contributed by atoms with van der Waals surface area (Å²) in [6, 6.07) is 5.34. The maximum absolute atomic E-state index is 12.8. The van der Waals surface area contributed by atoms with E-state index in [9.17, 15) is 9.59 Å². The fraction of sp³-hybridized carbons (Fsp3) is 0.636. The number of anilines is 1. The van der Waals surface area contributed by atoms with Gasteiger partial charge in [-0.25, -0.2) is 0 Å². The van der Waals surface area contributed by atoms with Gasteiger partial charge in [-0.2, -0.15) is 0 Å². The summed E-state index contributed by atoms with van der Waals surface area (Å²) in [6.45, 7) is 5.85. The van der Waals surface area contributed by atoms with Gasteiger partial charge in [0, 0.05) is 31.0 Å². The molecular weight excluding hydrogens is 356 g/mol. The van der Waals surface area contributed by atoms with Crippen LogP contribution >= 0.6 is 0 Å². The van der Waals surface area contributed by atoms with Crippen LogP contribution in [0.25, 0.3) is 0 Å². The average molecular weight is 391 g/mol. The van der Waals surface area contributed by atoms with E-state index in [4.69, 9.17) is 9.47 Å². The number of hydrogen-bond acceptors (Lipinski definition) is 4. The minimum absolute atomic E-state index is 0.00617. The van der Waals surface area contributed by atoms with E-state index in [0.29, 0.717) is 17.2 Å². The van der Waals surface area contributed by atoms with Gasteiger partial charge >= 0.3 is 0 Å². The van der Waals surface area contributed by atoms with Gasteiger partial charge in [0.15, 0.2) is 0 Å². The number of benzene rings is 1. The largest absolute Gasteiger partial charge is 0.497 e. The third-order valence-corrected chi connectivity index (χ3v) is 5.41. The Balaban J connectivity index is 1.92. The van der Waals surface area contributed by atoms with Gasteiger partial charge in [-0.15, -0.1) is 0 Å². The van der Waals surface area contributed by atoms with Crippen molar-refractivity contribution in [2.24, 2.45) is 11.8 Å². The van der Waals surface area contributed by atoms with Gasteiger partial charge in [0.2, 0.25) is 11.8 Å². The zero-order valence-electron chi connectivity index (χ0n) is 17.6. The minimum Gasteiger partial charge on any atom is -0.497 e. The van der Waals surface area contributed by atoms with Crippen molar-refractivity contribution in [2.45, 2.75) is 52.4 Å². The van der Waals surface area contributed by atoms with Crippen LogP contribution in [0.5, 0.6) is 11.5 Å². The van der Waals surface area contributed by atoms with Crippen LogP contribution in [0.1, 0.15) is 52.4 Å². The van der Waals surface area contributed by atoms with Crippen LogP contribution in [0.15, 0.2) is 18.2 Å². The van der Waals surface area contributed by atoms with Crippen LogP contribution in [0.4, 0.5) is 5.69 Å². The first-order valence-electron chi connectivity index (χ1n) is 10.4. The van der Waals surface area contributed by atoms with E-state index >= 15 is 0 Å². The molecule has 0 bridgehead atoms. The van der Waals surface area contributed by atoms with Crippen molar-refractivity contribution < 1.29 is 19.1 Å². The van der Waals surface area contributed by atoms with Gasteiger partial charge in [0.25, 0.3) is 0 Å². The second kappa shape index (κ2) is 10.9. The first-order valence-corrected chi connectivity index (χ1v) is 10.4. The SMILES string of the molecule is CCCN(CCC)C(=O)C1CCC(C(=O)Nc2ccc(OC)cc2OC)CC1. The molecule has 1 aromatic rings. The number of hydrogen-bond donors (Lipinski definition) is 1. The topological polar surface area (TPSA) is 67.9 Å². The van der Waals surface area contributed by atoms with Gasteiger partial charge in [-0.1, -0.05) is 13.8 Å². The van der Waals surface area contributed by atoms with Gasteiger partial charge in [0.05, 0.1) is 19.9 Å². The fourth-order valence-corrected chi connectivity index (χ4v) is 3.87. The number of amides is 2. The highest BCUT2D eigenvalue weighted by Gasteiger charge is 2.32. The summed E-state index contributed by atoms with van der Waals surface area (Å²) < 4.78 is 10.5. The third-order valence-electron chi connectivity index (χ3n) is 5.41. The summed E-state index contributed by atoms with van der Waals surface area (Å²) in [5.41, 5.74) is 0.642. The van der Waals surface area contributed by atoms with E-state index in [-0.39, 0.29) is 23.7 Å². The molecule has 0 spiro atoms. The molecule has 0 radical (unpaired) electrons. The smallest absolute Gasteiger partial charge is 0.227 e. The monoisotopic (exact) mass is 390 g/mol. The number of methoxy groups -OCH3 is 2. The maximum atomic E-state index is 12.8. The maximum Gasteiger partial charge on any atom is 0.227 e. The summed E-state index contributed by atoms with van der Waals surface area (Å²) in [6.07, 6.45) is 5.00. The van der Waals surface area contributed by atoms with Crippen molar-refractivity contribution in [3.05, 3.63) is 18.2 Å². The van der Waals surface area contributed by atoms with E-state index < -0.39 is 0 Å².